The Balaban J connectivity index is 3.50. The molecule has 0 saturated carbocycles. The molecule has 5 heteroatoms. The second-order valence-corrected chi connectivity index (χ2v) is 11.4. The SMILES string of the molecule is CCCCCCCCCCCCCCCCCCCCCC(=O)NC(CC)[N+](C)(C)CC(O)CO. The van der Waals surface area contributed by atoms with Crippen molar-refractivity contribution in [3.8, 4) is 0 Å². The van der Waals surface area contributed by atoms with Crippen molar-refractivity contribution in [2.24, 2.45) is 0 Å². The normalized spacial score (nSPS) is 13.7. The van der Waals surface area contributed by atoms with Crippen LogP contribution in [0.2, 0.25) is 0 Å². The summed E-state index contributed by atoms with van der Waals surface area (Å²) in [6.07, 6.45) is 26.4. The van der Waals surface area contributed by atoms with Gasteiger partial charge in [-0.3, -0.25) is 4.79 Å². The molecule has 0 rings (SSSR count). The summed E-state index contributed by atoms with van der Waals surface area (Å²) < 4.78 is 0.475. The van der Waals surface area contributed by atoms with Crippen molar-refractivity contribution in [3.05, 3.63) is 0 Å². The van der Waals surface area contributed by atoms with Crippen LogP contribution < -0.4 is 5.32 Å². The molecular formula is C30H63N2O3+. The molecule has 35 heavy (non-hydrogen) atoms. The number of carbonyl (C=O) groups is 1. The maximum atomic E-state index is 12.4. The Morgan fingerprint density at radius 2 is 1.06 bits per heavy atom. The second kappa shape index (κ2) is 23.7. The second-order valence-electron chi connectivity index (χ2n) is 11.4. The molecule has 0 aliphatic rings. The van der Waals surface area contributed by atoms with Gasteiger partial charge in [-0.25, -0.2) is 0 Å². The first-order valence-electron chi connectivity index (χ1n) is 15.3. The lowest BCUT2D eigenvalue weighted by Gasteiger charge is -2.39. The monoisotopic (exact) mass is 499 g/mol. The molecule has 0 aromatic heterocycles. The van der Waals surface area contributed by atoms with E-state index in [0.29, 0.717) is 17.4 Å². The maximum absolute atomic E-state index is 12.4. The summed E-state index contributed by atoms with van der Waals surface area (Å²) in [5, 5.41) is 22.0. The third kappa shape index (κ3) is 21.2. The zero-order chi connectivity index (χ0) is 26.2. The van der Waals surface area contributed by atoms with Gasteiger partial charge in [-0.2, -0.15) is 0 Å². The Bertz CT molecular complexity index is 471. The predicted molar refractivity (Wildman–Crippen MR) is 150 cm³/mol. The number of likely N-dealkylation sites (N-methyl/N-ethyl adjacent to an activating group) is 1. The fourth-order valence-electron chi connectivity index (χ4n) is 5.12. The molecule has 5 nitrogen and oxygen atoms in total. The lowest BCUT2D eigenvalue weighted by atomic mass is 10.0. The van der Waals surface area contributed by atoms with Gasteiger partial charge in [0, 0.05) is 12.8 Å². The van der Waals surface area contributed by atoms with Crippen molar-refractivity contribution in [3.63, 3.8) is 0 Å². The fraction of sp³-hybridized carbons (Fsp3) is 0.967. The van der Waals surface area contributed by atoms with Gasteiger partial charge in [0.2, 0.25) is 5.91 Å². The van der Waals surface area contributed by atoms with E-state index in [9.17, 15) is 9.90 Å². The molecule has 2 atom stereocenters. The first kappa shape index (κ1) is 34.4. The molecule has 3 N–H and O–H groups in total. The zero-order valence-electron chi connectivity index (χ0n) is 24.2. The van der Waals surface area contributed by atoms with E-state index in [1.54, 1.807) is 0 Å². The number of hydrogen-bond acceptors (Lipinski definition) is 3. The van der Waals surface area contributed by atoms with Gasteiger partial charge in [-0.05, 0) is 6.42 Å². The Morgan fingerprint density at radius 1 is 0.686 bits per heavy atom. The van der Waals surface area contributed by atoms with Gasteiger partial charge in [-0.1, -0.05) is 129 Å². The Hall–Kier alpha value is -0.650. The topological polar surface area (TPSA) is 69.6 Å². The zero-order valence-corrected chi connectivity index (χ0v) is 24.2. The summed E-state index contributed by atoms with van der Waals surface area (Å²) in [6.45, 7) is 4.51. The van der Waals surface area contributed by atoms with Gasteiger partial charge >= 0.3 is 0 Å². The van der Waals surface area contributed by atoms with Crippen molar-refractivity contribution in [2.45, 2.75) is 161 Å². The molecule has 0 heterocycles. The summed E-state index contributed by atoms with van der Waals surface area (Å²) in [6, 6.07) is 0. The average Bonchev–Trinajstić information content (AvgIpc) is 2.83. The van der Waals surface area contributed by atoms with Crippen LogP contribution in [-0.2, 0) is 4.79 Å². The van der Waals surface area contributed by atoms with Crippen LogP contribution in [0.4, 0.5) is 0 Å². The molecule has 0 aromatic rings. The largest absolute Gasteiger partial charge is 0.393 e. The van der Waals surface area contributed by atoms with E-state index in [1.165, 1.54) is 109 Å². The Morgan fingerprint density at radius 3 is 1.40 bits per heavy atom. The summed E-state index contributed by atoms with van der Waals surface area (Å²) in [7, 11) is 3.98. The number of quaternary nitrogens is 1. The van der Waals surface area contributed by atoms with E-state index in [2.05, 4.69) is 12.2 Å². The van der Waals surface area contributed by atoms with E-state index in [1.807, 2.05) is 21.0 Å². The average molecular weight is 500 g/mol. The van der Waals surface area contributed by atoms with Crippen LogP contribution >= 0.6 is 0 Å². The molecule has 210 valence electrons. The van der Waals surface area contributed by atoms with Crippen molar-refractivity contribution >= 4 is 5.91 Å². The van der Waals surface area contributed by atoms with Crippen LogP contribution in [0, 0.1) is 0 Å². The van der Waals surface area contributed by atoms with Gasteiger partial charge < -0.3 is 20.0 Å². The predicted octanol–water partition coefficient (Wildman–Crippen LogP) is 7.09. The molecule has 0 radical (unpaired) electrons. The lowest BCUT2D eigenvalue weighted by molar-refractivity contribution is -0.920. The Kier molecular flexibility index (Phi) is 23.3. The molecule has 0 spiro atoms. The van der Waals surface area contributed by atoms with Gasteiger partial charge in [0.1, 0.15) is 12.6 Å². The van der Waals surface area contributed by atoms with Gasteiger partial charge in [-0.15, -0.1) is 0 Å². The van der Waals surface area contributed by atoms with Gasteiger partial charge in [0.25, 0.3) is 0 Å². The van der Waals surface area contributed by atoms with Crippen LogP contribution in [-0.4, -0.2) is 60.1 Å². The van der Waals surface area contributed by atoms with Crippen LogP contribution in [0.15, 0.2) is 0 Å². The number of aliphatic hydroxyl groups is 2. The van der Waals surface area contributed by atoms with Crippen LogP contribution in [0.3, 0.4) is 0 Å². The molecule has 0 aliphatic carbocycles. The lowest BCUT2D eigenvalue weighted by Crippen LogP contribution is -2.60. The highest BCUT2D eigenvalue weighted by molar-refractivity contribution is 5.75. The summed E-state index contributed by atoms with van der Waals surface area (Å²) in [5.74, 6) is 0.105. The minimum absolute atomic E-state index is 0.0379. The van der Waals surface area contributed by atoms with E-state index in [4.69, 9.17) is 5.11 Å². The summed E-state index contributed by atoms with van der Waals surface area (Å²) in [5.41, 5.74) is 0. The molecule has 1 amide bonds. The van der Waals surface area contributed by atoms with Crippen molar-refractivity contribution in [1.82, 2.24) is 5.32 Å². The number of amides is 1. The fourth-order valence-corrected chi connectivity index (χ4v) is 5.12. The number of carbonyl (C=O) groups excluding carboxylic acids is 1. The van der Waals surface area contributed by atoms with Crippen LogP contribution in [0.1, 0.15) is 149 Å². The molecule has 0 bridgehead atoms. The van der Waals surface area contributed by atoms with Crippen LogP contribution in [0.25, 0.3) is 0 Å². The van der Waals surface area contributed by atoms with Crippen molar-refractivity contribution in [2.75, 3.05) is 27.2 Å². The number of unbranched alkanes of at least 4 members (excludes halogenated alkanes) is 18. The van der Waals surface area contributed by atoms with E-state index in [0.717, 1.165) is 19.3 Å². The standard InChI is InChI=1S/C30H62N2O3/c1-5-7-8-9-10-11-12-13-14-15-16-17-18-19-20-21-22-23-24-25-30(35)31-29(6-2)32(3,4)26-28(34)27-33/h28-29,33-34H,5-27H2,1-4H3/p+1. The van der Waals surface area contributed by atoms with Gasteiger partial charge in [0.05, 0.1) is 20.7 Å². The molecule has 0 saturated heterocycles. The quantitative estimate of drug-likeness (QED) is 0.0676. The summed E-state index contributed by atoms with van der Waals surface area (Å²) in [4.78, 5) is 12.4. The van der Waals surface area contributed by atoms with Crippen molar-refractivity contribution < 1.29 is 19.5 Å². The highest BCUT2D eigenvalue weighted by atomic mass is 16.3. The van der Waals surface area contributed by atoms with Crippen LogP contribution in [0.5, 0.6) is 0 Å². The van der Waals surface area contributed by atoms with E-state index >= 15 is 0 Å². The highest BCUT2D eigenvalue weighted by Gasteiger charge is 2.30. The first-order chi connectivity index (χ1) is 16.9. The maximum Gasteiger partial charge on any atom is 0.224 e. The number of nitrogens with zero attached hydrogens (tertiary/aromatic N) is 1. The number of rotatable bonds is 26. The molecular weight excluding hydrogens is 436 g/mol. The minimum Gasteiger partial charge on any atom is -0.393 e. The number of aliphatic hydroxyl groups excluding tert-OH is 2. The van der Waals surface area contributed by atoms with Crippen molar-refractivity contribution in [1.29, 1.82) is 0 Å². The molecule has 0 fully saturated rings. The molecule has 2 unspecified atom stereocenters. The van der Waals surface area contributed by atoms with E-state index in [-0.39, 0.29) is 18.7 Å². The first-order valence-corrected chi connectivity index (χ1v) is 15.3. The number of nitrogens with one attached hydrogen (secondary N) is 1. The van der Waals surface area contributed by atoms with Gasteiger partial charge in [0.15, 0.2) is 6.17 Å². The molecule has 0 aromatic carbocycles. The van der Waals surface area contributed by atoms with E-state index < -0.39 is 6.10 Å². The number of hydrogen-bond donors (Lipinski definition) is 3. The highest BCUT2D eigenvalue weighted by Crippen LogP contribution is 2.15. The minimum atomic E-state index is -0.754. The summed E-state index contributed by atoms with van der Waals surface area (Å²) >= 11 is 0. The third-order valence-corrected chi connectivity index (χ3v) is 7.46. The Labute approximate surface area is 219 Å². The molecule has 0 aliphatic heterocycles. The third-order valence-electron chi connectivity index (χ3n) is 7.46. The smallest absolute Gasteiger partial charge is 0.224 e.